The molecule has 2 heterocycles. The van der Waals surface area contributed by atoms with E-state index in [1.54, 1.807) is 6.07 Å². The molecule has 1 aliphatic rings. The SMILES string of the molecule is Cl.Fc1cc(Br)cc(F)c1[C@H](c1ccc(Cl)s1)N1CCNCC1. The second-order valence-electron chi connectivity index (χ2n) is 5.11. The lowest BCUT2D eigenvalue weighted by Gasteiger charge is -2.35. The third-order valence-electron chi connectivity index (χ3n) is 3.70. The number of benzene rings is 1. The van der Waals surface area contributed by atoms with Crippen molar-refractivity contribution in [3.8, 4) is 0 Å². The van der Waals surface area contributed by atoms with Crippen molar-refractivity contribution in [1.82, 2.24) is 10.2 Å². The fraction of sp³-hybridized carbons (Fsp3) is 0.333. The Balaban J connectivity index is 0.00000192. The maximum absolute atomic E-state index is 14.5. The van der Waals surface area contributed by atoms with E-state index in [0.29, 0.717) is 8.81 Å². The van der Waals surface area contributed by atoms with E-state index >= 15 is 0 Å². The molecule has 0 unspecified atom stereocenters. The third kappa shape index (κ3) is 4.24. The van der Waals surface area contributed by atoms with Crippen LogP contribution in [-0.4, -0.2) is 31.1 Å². The van der Waals surface area contributed by atoms with Gasteiger partial charge in [-0.3, -0.25) is 4.90 Å². The Morgan fingerprint density at radius 3 is 2.30 bits per heavy atom. The van der Waals surface area contributed by atoms with E-state index in [4.69, 9.17) is 11.6 Å². The Morgan fingerprint density at radius 1 is 1.17 bits per heavy atom. The highest BCUT2D eigenvalue weighted by Crippen LogP contribution is 2.38. The minimum absolute atomic E-state index is 0. The van der Waals surface area contributed by atoms with Crippen LogP contribution in [0.3, 0.4) is 0 Å². The Bertz CT molecular complexity index is 654. The molecule has 1 N–H and O–H groups in total. The average Bonchev–Trinajstić information content (AvgIpc) is 2.89. The minimum atomic E-state index is -0.542. The summed E-state index contributed by atoms with van der Waals surface area (Å²) in [5, 5.41) is 3.26. The standard InChI is InChI=1S/C15H14BrClF2N2S.ClH/c16-9-7-10(18)14(11(19)8-9)15(12-1-2-13(17)22-12)21-5-3-20-4-6-21;/h1-2,7-8,15,20H,3-6H2;1H/t15-;/m0./s1. The lowest BCUT2D eigenvalue weighted by atomic mass is 10.0. The Kier molecular flexibility index (Phi) is 6.83. The predicted molar refractivity (Wildman–Crippen MR) is 96.9 cm³/mol. The monoisotopic (exact) mass is 442 g/mol. The van der Waals surface area contributed by atoms with Crippen molar-refractivity contribution < 1.29 is 8.78 Å². The van der Waals surface area contributed by atoms with Crippen LogP contribution in [0.2, 0.25) is 4.34 Å². The topological polar surface area (TPSA) is 15.3 Å². The fourth-order valence-corrected chi connectivity index (χ4v) is 4.34. The van der Waals surface area contributed by atoms with Crippen molar-refractivity contribution >= 4 is 51.3 Å². The highest BCUT2D eigenvalue weighted by molar-refractivity contribution is 9.10. The van der Waals surface area contributed by atoms with Crippen LogP contribution in [0.15, 0.2) is 28.7 Å². The number of halogens is 5. The number of nitrogens with one attached hydrogen (secondary N) is 1. The first kappa shape index (κ1) is 19.1. The molecule has 0 spiro atoms. The quantitative estimate of drug-likeness (QED) is 0.728. The number of rotatable bonds is 3. The minimum Gasteiger partial charge on any atom is -0.314 e. The molecule has 1 aliphatic heterocycles. The van der Waals surface area contributed by atoms with E-state index in [1.165, 1.54) is 23.5 Å². The van der Waals surface area contributed by atoms with Crippen LogP contribution >= 0.6 is 51.3 Å². The van der Waals surface area contributed by atoms with Crippen LogP contribution < -0.4 is 5.32 Å². The number of nitrogens with zero attached hydrogens (tertiary/aromatic N) is 1. The van der Waals surface area contributed by atoms with Gasteiger partial charge in [0.1, 0.15) is 11.6 Å². The second-order valence-corrected chi connectivity index (χ2v) is 7.78. The summed E-state index contributed by atoms with van der Waals surface area (Å²) in [5.41, 5.74) is 0.0867. The molecule has 23 heavy (non-hydrogen) atoms. The maximum atomic E-state index is 14.5. The van der Waals surface area contributed by atoms with E-state index in [9.17, 15) is 8.78 Å². The lowest BCUT2D eigenvalue weighted by molar-refractivity contribution is 0.194. The molecule has 2 nitrogen and oxygen atoms in total. The molecule has 1 aromatic heterocycles. The molecule has 1 saturated heterocycles. The Hall–Kier alpha value is -0.240. The van der Waals surface area contributed by atoms with Crippen molar-refractivity contribution in [2.75, 3.05) is 26.2 Å². The molecule has 0 bridgehead atoms. The fourth-order valence-electron chi connectivity index (χ4n) is 2.73. The number of hydrogen-bond acceptors (Lipinski definition) is 3. The summed E-state index contributed by atoms with van der Waals surface area (Å²) in [6.07, 6.45) is 0. The maximum Gasteiger partial charge on any atom is 0.132 e. The van der Waals surface area contributed by atoms with Gasteiger partial charge in [-0.2, -0.15) is 0 Å². The third-order valence-corrected chi connectivity index (χ3v) is 5.44. The molecule has 0 aliphatic carbocycles. The summed E-state index contributed by atoms with van der Waals surface area (Å²) in [5.74, 6) is -1.08. The summed E-state index contributed by atoms with van der Waals surface area (Å²) < 4.78 is 30.0. The van der Waals surface area contributed by atoms with Crippen molar-refractivity contribution in [1.29, 1.82) is 0 Å². The zero-order valence-corrected chi connectivity index (χ0v) is 16.0. The lowest BCUT2D eigenvalue weighted by Crippen LogP contribution is -2.45. The van der Waals surface area contributed by atoms with Gasteiger partial charge in [0.05, 0.1) is 10.4 Å². The van der Waals surface area contributed by atoms with Gasteiger partial charge in [-0.25, -0.2) is 8.78 Å². The molecule has 0 saturated carbocycles. The van der Waals surface area contributed by atoms with Gasteiger partial charge in [-0.05, 0) is 24.3 Å². The van der Waals surface area contributed by atoms with Gasteiger partial charge in [0.25, 0.3) is 0 Å². The Morgan fingerprint density at radius 2 is 1.78 bits per heavy atom. The number of hydrogen-bond donors (Lipinski definition) is 1. The summed E-state index contributed by atoms with van der Waals surface area (Å²) in [4.78, 5) is 2.95. The van der Waals surface area contributed by atoms with Gasteiger partial charge < -0.3 is 5.32 Å². The first-order valence-corrected chi connectivity index (χ1v) is 8.89. The molecule has 2 aromatic rings. The summed E-state index contributed by atoms with van der Waals surface area (Å²) in [7, 11) is 0. The van der Waals surface area contributed by atoms with E-state index in [-0.39, 0.29) is 18.0 Å². The van der Waals surface area contributed by atoms with E-state index in [2.05, 4.69) is 26.1 Å². The number of piperazine rings is 1. The first-order chi connectivity index (χ1) is 10.6. The highest BCUT2D eigenvalue weighted by atomic mass is 79.9. The van der Waals surface area contributed by atoms with Crippen LogP contribution in [-0.2, 0) is 0 Å². The highest BCUT2D eigenvalue weighted by Gasteiger charge is 2.30. The molecule has 1 aromatic carbocycles. The summed E-state index contributed by atoms with van der Waals surface area (Å²) in [6, 6.07) is 5.78. The van der Waals surface area contributed by atoms with Gasteiger partial charge in [0, 0.05) is 41.1 Å². The van der Waals surface area contributed by atoms with E-state index in [1.807, 2.05) is 6.07 Å². The van der Waals surface area contributed by atoms with E-state index < -0.39 is 17.7 Å². The molecule has 8 heteroatoms. The van der Waals surface area contributed by atoms with Crippen molar-refractivity contribution in [2.24, 2.45) is 0 Å². The van der Waals surface area contributed by atoms with Gasteiger partial charge in [-0.1, -0.05) is 27.5 Å². The molecule has 3 rings (SSSR count). The molecule has 0 radical (unpaired) electrons. The smallest absolute Gasteiger partial charge is 0.132 e. The van der Waals surface area contributed by atoms with Crippen LogP contribution in [0.4, 0.5) is 8.78 Å². The molecule has 1 fully saturated rings. The first-order valence-electron chi connectivity index (χ1n) is 6.90. The van der Waals surface area contributed by atoms with Crippen LogP contribution in [0.25, 0.3) is 0 Å². The zero-order valence-electron chi connectivity index (χ0n) is 12.0. The van der Waals surface area contributed by atoms with Gasteiger partial charge in [0.15, 0.2) is 0 Å². The van der Waals surface area contributed by atoms with Crippen molar-refractivity contribution in [3.05, 3.63) is 55.1 Å². The zero-order chi connectivity index (χ0) is 15.7. The molecular weight excluding hydrogens is 429 g/mol. The van der Waals surface area contributed by atoms with Gasteiger partial charge in [0.2, 0.25) is 0 Å². The van der Waals surface area contributed by atoms with Gasteiger partial charge >= 0.3 is 0 Å². The van der Waals surface area contributed by atoms with Crippen molar-refractivity contribution in [3.63, 3.8) is 0 Å². The molecule has 1 atom stereocenters. The summed E-state index contributed by atoms with van der Waals surface area (Å²) in [6.45, 7) is 3.06. The van der Waals surface area contributed by atoms with E-state index in [0.717, 1.165) is 31.1 Å². The van der Waals surface area contributed by atoms with Crippen molar-refractivity contribution in [2.45, 2.75) is 6.04 Å². The molecule has 0 amide bonds. The normalized spacial score (nSPS) is 16.9. The predicted octanol–water partition coefficient (Wildman–Crippen LogP) is 4.86. The van der Waals surface area contributed by atoms with Crippen LogP contribution in [0.5, 0.6) is 0 Å². The summed E-state index contributed by atoms with van der Waals surface area (Å²) >= 11 is 10.5. The second kappa shape index (κ2) is 8.23. The van der Waals surface area contributed by atoms with Gasteiger partial charge in [-0.15, -0.1) is 23.7 Å². The Labute approximate surface area is 157 Å². The molecule has 126 valence electrons. The average molecular weight is 444 g/mol. The number of thiophene rings is 1. The largest absolute Gasteiger partial charge is 0.314 e. The van der Waals surface area contributed by atoms with Crippen LogP contribution in [0, 0.1) is 11.6 Å². The molecular formula is C15H15BrCl2F2N2S. The van der Waals surface area contributed by atoms with Crippen LogP contribution in [0.1, 0.15) is 16.5 Å².